The highest BCUT2D eigenvalue weighted by molar-refractivity contribution is 9.10. The van der Waals surface area contributed by atoms with E-state index in [0.717, 1.165) is 0 Å². The predicted octanol–water partition coefficient (Wildman–Crippen LogP) is 4.16. The van der Waals surface area contributed by atoms with Gasteiger partial charge in [-0.25, -0.2) is 17.6 Å². The van der Waals surface area contributed by atoms with E-state index in [4.69, 9.17) is 0 Å². The Hall–Kier alpha value is -0.910. The topological polar surface area (TPSA) is 17.1 Å². The van der Waals surface area contributed by atoms with Gasteiger partial charge in [0.1, 0.15) is 0 Å². The first-order chi connectivity index (χ1) is 8.55. The molecule has 19 heavy (non-hydrogen) atoms. The smallest absolute Gasteiger partial charge is 0.165 e. The SMILES string of the molecule is CC(C)(C)C(=O)C(Br)Cc1c(F)c(F)cc(F)c1F. The van der Waals surface area contributed by atoms with Crippen molar-refractivity contribution in [3.63, 3.8) is 0 Å². The van der Waals surface area contributed by atoms with Gasteiger partial charge in [-0.2, -0.15) is 0 Å². The summed E-state index contributed by atoms with van der Waals surface area (Å²) in [7, 11) is 0. The molecule has 0 aliphatic rings. The summed E-state index contributed by atoms with van der Waals surface area (Å²) in [4.78, 5) is 11.0. The lowest BCUT2D eigenvalue weighted by molar-refractivity contribution is -0.125. The zero-order valence-corrected chi connectivity index (χ0v) is 12.2. The summed E-state index contributed by atoms with van der Waals surface area (Å²) in [6.45, 7) is 4.92. The summed E-state index contributed by atoms with van der Waals surface area (Å²) in [5, 5.41) is 0. The molecule has 0 fully saturated rings. The molecule has 0 bridgehead atoms. The van der Waals surface area contributed by atoms with Crippen LogP contribution in [0.5, 0.6) is 0 Å². The van der Waals surface area contributed by atoms with Crippen molar-refractivity contribution in [2.45, 2.75) is 32.0 Å². The van der Waals surface area contributed by atoms with Gasteiger partial charge in [-0.05, 0) is 6.42 Å². The van der Waals surface area contributed by atoms with Gasteiger partial charge in [0.25, 0.3) is 0 Å². The molecule has 1 atom stereocenters. The van der Waals surface area contributed by atoms with Crippen molar-refractivity contribution in [2.24, 2.45) is 5.41 Å². The summed E-state index contributed by atoms with van der Waals surface area (Å²) in [5.74, 6) is -6.19. The second kappa shape index (κ2) is 5.61. The number of carbonyl (C=O) groups excluding carboxylic acids is 1. The Bertz CT molecular complexity index is 482. The van der Waals surface area contributed by atoms with Crippen LogP contribution in [-0.2, 0) is 11.2 Å². The number of halogens is 5. The fraction of sp³-hybridized carbons (Fsp3) is 0.462. The van der Waals surface area contributed by atoms with Crippen LogP contribution in [0.4, 0.5) is 17.6 Å². The highest BCUT2D eigenvalue weighted by Crippen LogP contribution is 2.27. The Balaban J connectivity index is 3.10. The van der Waals surface area contributed by atoms with Gasteiger partial charge >= 0.3 is 0 Å². The maximum absolute atomic E-state index is 13.4. The van der Waals surface area contributed by atoms with Crippen molar-refractivity contribution in [1.29, 1.82) is 0 Å². The van der Waals surface area contributed by atoms with Crippen LogP contribution in [0.15, 0.2) is 6.07 Å². The largest absolute Gasteiger partial charge is 0.298 e. The summed E-state index contributed by atoms with van der Waals surface area (Å²) < 4.78 is 52.9. The molecular formula is C13H13BrF4O. The zero-order valence-electron chi connectivity index (χ0n) is 10.7. The van der Waals surface area contributed by atoms with Gasteiger partial charge < -0.3 is 0 Å². The third-order valence-electron chi connectivity index (χ3n) is 2.61. The number of carbonyl (C=O) groups is 1. The molecule has 0 saturated carbocycles. The quantitative estimate of drug-likeness (QED) is 0.458. The number of ketones is 1. The van der Waals surface area contributed by atoms with E-state index >= 15 is 0 Å². The minimum Gasteiger partial charge on any atom is -0.298 e. The average Bonchev–Trinajstić information content (AvgIpc) is 2.29. The van der Waals surface area contributed by atoms with Crippen molar-refractivity contribution < 1.29 is 22.4 Å². The van der Waals surface area contributed by atoms with Crippen molar-refractivity contribution in [1.82, 2.24) is 0 Å². The molecule has 106 valence electrons. The maximum atomic E-state index is 13.4. The van der Waals surface area contributed by atoms with E-state index in [1.807, 2.05) is 0 Å². The second-order valence-corrected chi connectivity index (χ2v) is 6.34. The van der Waals surface area contributed by atoms with Gasteiger partial charge in [0.15, 0.2) is 29.1 Å². The van der Waals surface area contributed by atoms with Crippen LogP contribution in [0, 0.1) is 28.7 Å². The highest BCUT2D eigenvalue weighted by atomic mass is 79.9. The van der Waals surface area contributed by atoms with E-state index in [2.05, 4.69) is 15.9 Å². The van der Waals surface area contributed by atoms with Crippen molar-refractivity contribution in [3.8, 4) is 0 Å². The maximum Gasteiger partial charge on any atom is 0.165 e. The summed E-state index contributed by atoms with van der Waals surface area (Å²) in [6, 6.07) is 0.142. The minimum atomic E-state index is -1.48. The van der Waals surface area contributed by atoms with Gasteiger partial charge in [0, 0.05) is 17.0 Å². The fourth-order valence-electron chi connectivity index (χ4n) is 1.54. The molecule has 0 saturated heterocycles. The van der Waals surface area contributed by atoms with Crippen molar-refractivity contribution in [2.75, 3.05) is 0 Å². The number of alkyl halides is 1. The first kappa shape index (κ1) is 16.1. The molecular weight excluding hydrogens is 328 g/mol. The molecule has 0 amide bonds. The summed E-state index contributed by atoms with van der Waals surface area (Å²) in [6.07, 6.45) is -0.456. The summed E-state index contributed by atoms with van der Waals surface area (Å²) in [5.41, 5.74) is -1.50. The molecule has 1 rings (SSSR count). The fourth-order valence-corrected chi connectivity index (χ4v) is 2.55. The first-order valence-corrected chi connectivity index (χ1v) is 6.47. The Morgan fingerprint density at radius 2 is 1.58 bits per heavy atom. The van der Waals surface area contributed by atoms with Crippen LogP contribution in [0.3, 0.4) is 0 Å². The van der Waals surface area contributed by atoms with Crippen LogP contribution in [-0.4, -0.2) is 10.6 Å². The lowest BCUT2D eigenvalue weighted by Gasteiger charge is -2.21. The third-order valence-corrected chi connectivity index (χ3v) is 3.35. The molecule has 0 radical (unpaired) electrons. The first-order valence-electron chi connectivity index (χ1n) is 5.56. The van der Waals surface area contributed by atoms with Gasteiger partial charge in [-0.3, -0.25) is 4.79 Å². The van der Waals surface area contributed by atoms with E-state index in [9.17, 15) is 22.4 Å². The van der Waals surface area contributed by atoms with E-state index in [1.54, 1.807) is 20.8 Å². The monoisotopic (exact) mass is 340 g/mol. The van der Waals surface area contributed by atoms with Gasteiger partial charge in [-0.1, -0.05) is 36.7 Å². The Kier molecular flexibility index (Phi) is 4.76. The number of benzene rings is 1. The number of hydrogen-bond acceptors (Lipinski definition) is 1. The van der Waals surface area contributed by atoms with Gasteiger partial charge in [0.2, 0.25) is 0 Å². The molecule has 0 aliphatic carbocycles. The summed E-state index contributed by atoms with van der Waals surface area (Å²) >= 11 is 3.01. The van der Waals surface area contributed by atoms with Crippen LogP contribution in [0.2, 0.25) is 0 Å². The molecule has 1 nitrogen and oxygen atoms in total. The number of hydrogen-bond donors (Lipinski definition) is 0. The van der Waals surface area contributed by atoms with Crippen LogP contribution < -0.4 is 0 Å². The molecule has 0 spiro atoms. The molecule has 0 aromatic heterocycles. The molecule has 6 heteroatoms. The molecule has 0 N–H and O–H groups in total. The minimum absolute atomic E-state index is 0.142. The lowest BCUT2D eigenvalue weighted by atomic mass is 9.87. The van der Waals surface area contributed by atoms with Crippen molar-refractivity contribution >= 4 is 21.7 Å². The molecule has 0 aliphatic heterocycles. The standard InChI is InChI=1S/C13H13BrF4O/c1-13(2,3)12(19)7(14)4-6-10(17)8(15)5-9(16)11(6)18/h5,7H,4H2,1-3H3. The van der Waals surface area contributed by atoms with E-state index in [-0.39, 0.29) is 11.8 Å². The van der Waals surface area contributed by atoms with E-state index in [1.165, 1.54) is 0 Å². The average molecular weight is 341 g/mol. The molecule has 1 unspecified atom stereocenters. The van der Waals surface area contributed by atoms with Crippen LogP contribution >= 0.6 is 15.9 Å². The number of rotatable bonds is 3. The molecule has 1 aromatic carbocycles. The van der Waals surface area contributed by atoms with Gasteiger partial charge in [0.05, 0.1) is 4.83 Å². The van der Waals surface area contributed by atoms with E-state index in [0.29, 0.717) is 0 Å². The Labute approximate surface area is 117 Å². The lowest BCUT2D eigenvalue weighted by Crippen LogP contribution is -2.30. The second-order valence-electron chi connectivity index (χ2n) is 5.23. The molecule has 0 heterocycles. The Morgan fingerprint density at radius 1 is 1.16 bits per heavy atom. The van der Waals surface area contributed by atoms with Crippen LogP contribution in [0.1, 0.15) is 26.3 Å². The molecule has 1 aromatic rings. The highest BCUT2D eigenvalue weighted by Gasteiger charge is 2.30. The third kappa shape index (κ3) is 3.55. The van der Waals surface area contributed by atoms with Crippen molar-refractivity contribution in [3.05, 3.63) is 34.9 Å². The van der Waals surface area contributed by atoms with E-state index < -0.39 is 45.5 Å². The zero-order chi connectivity index (χ0) is 15.0. The predicted molar refractivity (Wildman–Crippen MR) is 67.2 cm³/mol. The van der Waals surface area contributed by atoms with Gasteiger partial charge in [-0.15, -0.1) is 0 Å². The number of Topliss-reactive ketones (excluding diaryl/α,β-unsaturated/α-hetero) is 1. The normalized spacial score (nSPS) is 13.5. The Morgan fingerprint density at radius 3 is 1.95 bits per heavy atom. The van der Waals surface area contributed by atoms with Crippen LogP contribution in [0.25, 0.3) is 0 Å².